The number of Topliss-reactive ketones (excluding diaryl/α,β-unsaturated/α-hetero) is 1. The molecule has 0 aliphatic heterocycles. The van der Waals surface area contributed by atoms with Crippen molar-refractivity contribution in [1.29, 1.82) is 0 Å². The van der Waals surface area contributed by atoms with Crippen molar-refractivity contribution in [3.05, 3.63) is 70.9 Å². The Balaban J connectivity index is 1.91. The highest BCUT2D eigenvalue weighted by Crippen LogP contribution is 2.40. The largest absolute Gasteiger partial charge is 0.506 e. The fourth-order valence-electron chi connectivity index (χ4n) is 3.07. The summed E-state index contributed by atoms with van der Waals surface area (Å²) in [7, 11) is 1.25. The molecule has 0 bridgehead atoms. The van der Waals surface area contributed by atoms with Gasteiger partial charge >= 0.3 is 5.97 Å². The molecule has 0 spiro atoms. The molecule has 1 aliphatic carbocycles. The zero-order valence-electron chi connectivity index (χ0n) is 13.7. The van der Waals surface area contributed by atoms with Crippen LogP contribution < -0.4 is 0 Å². The van der Waals surface area contributed by atoms with Crippen LogP contribution in [0.4, 0.5) is 0 Å². The summed E-state index contributed by atoms with van der Waals surface area (Å²) in [4.78, 5) is 28.8. The molecule has 0 unspecified atom stereocenters. The first kappa shape index (κ1) is 15.8. The molecule has 1 heterocycles. The number of esters is 1. The van der Waals surface area contributed by atoms with Gasteiger partial charge in [0, 0.05) is 16.5 Å². The number of allylic oxidation sites excluding steroid dienone is 1. The number of methoxy groups -OCH3 is 1. The van der Waals surface area contributed by atoms with Gasteiger partial charge in [-0.25, -0.2) is 9.78 Å². The summed E-state index contributed by atoms with van der Waals surface area (Å²) >= 11 is 0. The first-order valence-corrected chi connectivity index (χ1v) is 7.81. The molecule has 1 aliphatic rings. The Morgan fingerprint density at radius 2 is 1.81 bits per heavy atom. The lowest BCUT2D eigenvalue weighted by molar-refractivity contribution is 0.0600. The van der Waals surface area contributed by atoms with E-state index in [0.717, 1.165) is 0 Å². The summed E-state index contributed by atoms with van der Waals surface area (Å²) in [6.45, 7) is 0. The molecular formula is C20H13NO5. The van der Waals surface area contributed by atoms with Gasteiger partial charge in [-0.2, -0.15) is 0 Å². The van der Waals surface area contributed by atoms with Gasteiger partial charge in [-0.15, -0.1) is 0 Å². The van der Waals surface area contributed by atoms with Crippen LogP contribution in [0.2, 0.25) is 0 Å². The van der Waals surface area contributed by atoms with Crippen molar-refractivity contribution in [3.8, 4) is 5.75 Å². The van der Waals surface area contributed by atoms with Crippen LogP contribution in [0, 0.1) is 0 Å². The Hall–Kier alpha value is -3.67. The second-order valence-corrected chi connectivity index (χ2v) is 5.85. The average molecular weight is 347 g/mol. The second-order valence-electron chi connectivity index (χ2n) is 5.85. The zero-order valence-corrected chi connectivity index (χ0v) is 13.7. The van der Waals surface area contributed by atoms with Crippen molar-refractivity contribution in [2.45, 2.75) is 0 Å². The molecule has 2 N–H and O–H groups in total. The molecule has 3 aromatic rings. The molecule has 128 valence electrons. The van der Waals surface area contributed by atoms with Crippen LogP contribution in [0.5, 0.6) is 5.75 Å². The number of aromatic hydroxyl groups is 1. The Bertz CT molecular complexity index is 1130. The summed E-state index contributed by atoms with van der Waals surface area (Å²) in [6, 6.07) is 12.9. The summed E-state index contributed by atoms with van der Waals surface area (Å²) in [5.41, 5.74) is 1.15. The molecule has 0 fully saturated rings. The van der Waals surface area contributed by atoms with Gasteiger partial charge in [-0.3, -0.25) is 4.79 Å². The maximum atomic E-state index is 12.8. The van der Waals surface area contributed by atoms with E-state index in [-0.39, 0.29) is 39.5 Å². The standard InChI is InChI=1S/C20H13NO5/c1-26-20(25)11-6-7-12-13(8-11)19(24)16(18(12)23)17-15(22)9-10-4-2-3-5-14(10)21-17/h2-9,22,24H,1H3. The van der Waals surface area contributed by atoms with E-state index in [1.807, 2.05) is 6.07 Å². The number of aliphatic hydroxyl groups is 1. The van der Waals surface area contributed by atoms with Gasteiger partial charge in [-0.1, -0.05) is 18.2 Å². The fraction of sp³-hybridized carbons (Fsp3) is 0.0500. The third-order valence-electron chi connectivity index (χ3n) is 4.34. The molecule has 0 amide bonds. The Labute approximate surface area is 148 Å². The Morgan fingerprint density at radius 1 is 1.04 bits per heavy atom. The van der Waals surface area contributed by atoms with Gasteiger partial charge in [-0.05, 0) is 30.3 Å². The summed E-state index contributed by atoms with van der Waals surface area (Å²) in [6.07, 6.45) is 0. The number of aromatic nitrogens is 1. The Morgan fingerprint density at radius 3 is 2.58 bits per heavy atom. The molecule has 6 heteroatoms. The molecule has 0 saturated heterocycles. The number of ether oxygens (including phenoxy) is 1. The number of hydrogen-bond donors (Lipinski definition) is 2. The van der Waals surface area contributed by atoms with Crippen molar-refractivity contribution >= 4 is 34.0 Å². The normalized spacial score (nSPS) is 13.2. The maximum absolute atomic E-state index is 12.8. The number of carbonyl (C=O) groups excluding carboxylic acids is 2. The van der Waals surface area contributed by atoms with Crippen LogP contribution in [0.15, 0.2) is 48.5 Å². The van der Waals surface area contributed by atoms with Crippen molar-refractivity contribution < 1.29 is 24.5 Å². The maximum Gasteiger partial charge on any atom is 0.337 e. The number of hydrogen-bond acceptors (Lipinski definition) is 6. The number of rotatable bonds is 2. The van der Waals surface area contributed by atoms with E-state index in [1.165, 1.54) is 31.4 Å². The van der Waals surface area contributed by atoms with E-state index in [4.69, 9.17) is 0 Å². The van der Waals surface area contributed by atoms with E-state index >= 15 is 0 Å². The van der Waals surface area contributed by atoms with E-state index < -0.39 is 11.8 Å². The van der Waals surface area contributed by atoms with Gasteiger partial charge in [0.15, 0.2) is 5.78 Å². The summed E-state index contributed by atoms with van der Waals surface area (Å²) < 4.78 is 4.66. The lowest BCUT2D eigenvalue weighted by Gasteiger charge is -2.06. The van der Waals surface area contributed by atoms with Crippen LogP contribution in [0.3, 0.4) is 0 Å². The molecule has 6 nitrogen and oxygen atoms in total. The third-order valence-corrected chi connectivity index (χ3v) is 4.34. The van der Waals surface area contributed by atoms with Crippen LogP contribution in [-0.4, -0.2) is 34.1 Å². The number of carbonyl (C=O) groups is 2. The number of nitrogens with zero attached hydrogens (tertiary/aromatic N) is 1. The lowest BCUT2D eigenvalue weighted by Crippen LogP contribution is -2.04. The van der Waals surface area contributed by atoms with Gasteiger partial charge in [0.05, 0.1) is 23.8 Å². The van der Waals surface area contributed by atoms with Crippen molar-refractivity contribution in [3.63, 3.8) is 0 Å². The zero-order chi connectivity index (χ0) is 18.4. The monoisotopic (exact) mass is 347 g/mol. The predicted octanol–water partition coefficient (Wildman–Crippen LogP) is 3.35. The highest BCUT2D eigenvalue weighted by atomic mass is 16.5. The molecule has 2 aromatic carbocycles. The van der Waals surface area contributed by atoms with Crippen LogP contribution in [-0.2, 0) is 4.74 Å². The van der Waals surface area contributed by atoms with Gasteiger partial charge in [0.1, 0.15) is 17.2 Å². The minimum atomic E-state index is -0.576. The number of pyridine rings is 1. The first-order chi connectivity index (χ1) is 12.5. The SMILES string of the molecule is COC(=O)c1ccc2c(c1)C(O)=C(c1nc3ccccc3cc1O)C2=O. The number of ketones is 1. The summed E-state index contributed by atoms with van der Waals surface area (Å²) in [5.74, 6) is -1.58. The van der Waals surface area contributed by atoms with Crippen molar-refractivity contribution in [1.82, 2.24) is 4.98 Å². The molecule has 0 atom stereocenters. The van der Waals surface area contributed by atoms with E-state index in [2.05, 4.69) is 9.72 Å². The van der Waals surface area contributed by atoms with Gasteiger partial charge < -0.3 is 14.9 Å². The number of aliphatic hydroxyl groups excluding tert-OH is 1. The molecule has 0 radical (unpaired) electrons. The molecule has 0 saturated carbocycles. The molecule has 4 rings (SSSR count). The third kappa shape index (κ3) is 2.23. The molecular weight excluding hydrogens is 334 g/mol. The van der Waals surface area contributed by atoms with Crippen molar-refractivity contribution in [2.75, 3.05) is 7.11 Å². The minimum Gasteiger partial charge on any atom is -0.506 e. The van der Waals surface area contributed by atoms with Crippen LogP contribution in [0.25, 0.3) is 22.2 Å². The summed E-state index contributed by atoms with van der Waals surface area (Å²) in [5, 5.41) is 21.6. The van der Waals surface area contributed by atoms with Gasteiger partial charge in [0.25, 0.3) is 0 Å². The average Bonchev–Trinajstić information content (AvgIpc) is 2.90. The molecule has 1 aromatic heterocycles. The minimum absolute atomic E-state index is 0.00187. The Kier molecular flexibility index (Phi) is 3.47. The topological polar surface area (TPSA) is 96.7 Å². The quantitative estimate of drug-likeness (QED) is 0.690. The second kappa shape index (κ2) is 5.70. The first-order valence-electron chi connectivity index (χ1n) is 7.81. The van der Waals surface area contributed by atoms with Crippen LogP contribution >= 0.6 is 0 Å². The van der Waals surface area contributed by atoms with E-state index in [1.54, 1.807) is 18.2 Å². The fourth-order valence-corrected chi connectivity index (χ4v) is 3.07. The smallest absolute Gasteiger partial charge is 0.337 e. The predicted molar refractivity (Wildman–Crippen MR) is 95.0 cm³/mol. The van der Waals surface area contributed by atoms with E-state index in [9.17, 15) is 19.8 Å². The molecule has 26 heavy (non-hydrogen) atoms. The highest BCUT2D eigenvalue weighted by molar-refractivity contribution is 6.39. The van der Waals surface area contributed by atoms with Gasteiger partial charge in [0.2, 0.25) is 0 Å². The van der Waals surface area contributed by atoms with E-state index in [0.29, 0.717) is 10.9 Å². The highest BCUT2D eigenvalue weighted by Gasteiger charge is 2.34. The number of fused-ring (bicyclic) bond motifs is 2. The number of benzene rings is 2. The van der Waals surface area contributed by atoms with Crippen LogP contribution in [0.1, 0.15) is 32.0 Å². The number of para-hydroxylation sites is 1. The van der Waals surface area contributed by atoms with Crippen molar-refractivity contribution in [2.24, 2.45) is 0 Å². The lowest BCUT2D eigenvalue weighted by atomic mass is 10.0.